The first-order valence-electron chi connectivity index (χ1n) is 12.8. The number of hydrogen-bond donors (Lipinski definition) is 2. The average Bonchev–Trinajstić information content (AvgIpc) is 2.85. The minimum Gasteiger partial charge on any atom is -0.362 e. The van der Waals surface area contributed by atoms with E-state index < -0.39 is 4.92 Å². The molecule has 2 aliphatic rings. The molecule has 0 atom stereocenters. The quantitative estimate of drug-likeness (QED) is 0.409. The third-order valence-electron chi connectivity index (χ3n) is 7.03. The molecule has 2 aromatic rings. The molecule has 9 nitrogen and oxygen atoms in total. The average molecular weight is 481 g/mol. The molecule has 0 bridgehead atoms. The molecule has 0 spiro atoms. The van der Waals surface area contributed by atoms with Gasteiger partial charge in [0.1, 0.15) is 5.82 Å². The highest BCUT2D eigenvalue weighted by molar-refractivity contribution is 5.76. The highest BCUT2D eigenvalue weighted by Gasteiger charge is 2.24. The van der Waals surface area contributed by atoms with Gasteiger partial charge < -0.3 is 15.5 Å². The Labute approximate surface area is 206 Å². The molecule has 188 valence electrons. The first kappa shape index (κ1) is 24.9. The summed E-state index contributed by atoms with van der Waals surface area (Å²) >= 11 is 0. The van der Waals surface area contributed by atoms with Crippen molar-refractivity contribution >= 4 is 23.4 Å². The van der Waals surface area contributed by atoms with Crippen molar-refractivity contribution in [1.82, 2.24) is 15.3 Å². The molecule has 1 aromatic carbocycles. The Morgan fingerprint density at radius 1 is 1.06 bits per heavy atom. The second-order valence-electron chi connectivity index (χ2n) is 9.94. The number of anilines is 2. The standard InChI is InChI=1S/C26H36N6O3/c1-31(2)25-22-7-3-4-8-23(22)29-26(30-25)28-20-14-12-19(13-15-20)27-24(33)9-5-6-18-10-16-21(17-11-18)32(34)35/h10-11,16-17,19-20H,3-9,12-15H2,1-2H3,(H,27,33)(H,28,29,30)/t19-,20+. The molecule has 1 fully saturated rings. The largest absolute Gasteiger partial charge is 0.362 e. The third kappa shape index (κ3) is 6.68. The summed E-state index contributed by atoms with van der Waals surface area (Å²) in [5, 5.41) is 17.5. The van der Waals surface area contributed by atoms with Crippen LogP contribution in [0.2, 0.25) is 0 Å². The lowest BCUT2D eigenvalue weighted by Crippen LogP contribution is -2.40. The number of carbonyl (C=O) groups is 1. The fourth-order valence-electron chi connectivity index (χ4n) is 5.11. The van der Waals surface area contributed by atoms with Gasteiger partial charge in [0.05, 0.1) is 10.6 Å². The van der Waals surface area contributed by atoms with Crippen LogP contribution in [0.1, 0.15) is 68.2 Å². The topological polar surface area (TPSA) is 113 Å². The number of nitrogens with one attached hydrogen (secondary N) is 2. The van der Waals surface area contributed by atoms with Crippen LogP contribution in [0, 0.1) is 10.1 Å². The monoisotopic (exact) mass is 480 g/mol. The van der Waals surface area contributed by atoms with Crippen molar-refractivity contribution in [2.75, 3.05) is 24.3 Å². The number of nitro benzene ring substituents is 1. The Kier molecular flexibility index (Phi) is 8.15. The molecule has 1 heterocycles. The number of fused-ring (bicyclic) bond motifs is 1. The zero-order valence-electron chi connectivity index (χ0n) is 20.8. The van der Waals surface area contributed by atoms with Gasteiger partial charge in [0, 0.05) is 50.3 Å². The molecule has 0 saturated heterocycles. The minimum absolute atomic E-state index is 0.0805. The van der Waals surface area contributed by atoms with Gasteiger partial charge in [0.25, 0.3) is 5.69 Å². The van der Waals surface area contributed by atoms with E-state index in [0.717, 1.165) is 68.7 Å². The molecule has 1 amide bonds. The highest BCUT2D eigenvalue weighted by Crippen LogP contribution is 2.29. The van der Waals surface area contributed by atoms with Crippen LogP contribution in [0.25, 0.3) is 0 Å². The molecule has 1 saturated carbocycles. The molecule has 0 unspecified atom stereocenters. The molecule has 2 aliphatic carbocycles. The van der Waals surface area contributed by atoms with Gasteiger partial charge in [-0.1, -0.05) is 12.1 Å². The first-order valence-corrected chi connectivity index (χ1v) is 12.8. The Morgan fingerprint density at radius 3 is 2.43 bits per heavy atom. The van der Waals surface area contributed by atoms with Crippen LogP contribution in [0.5, 0.6) is 0 Å². The van der Waals surface area contributed by atoms with Gasteiger partial charge in [-0.05, 0) is 69.8 Å². The molecule has 0 radical (unpaired) electrons. The lowest BCUT2D eigenvalue weighted by Gasteiger charge is -2.30. The SMILES string of the molecule is CN(C)c1nc(N[C@H]2CC[C@@H](NC(=O)CCCc3ccc([N+](=O)[O-])cc3)CC2)nc2c1CCCC2. The smallest absolute Gasteiger partial charge is 0.269 e. The Bertz CT molecular complexity index is 1030. The Balaban J connectivity index is 1.20. The van der Waals surface area contributed by atoms with Gasteiger partial charge in [-0.2, -0.15) is 4.98 Å². The molecule has 1 aromatic heterocycles. The summed E-state index contributed by atoms with van der Waals surface area (Å²) in [6, 6.07) is 7.08. The summed E-state index contributed by atoms with van der Waals surface area (Å²) in [5.74, 6) is 1.84. The number of nitrogens with zero attached hydrogens (tertiary/aromatic N) is 4. The fraction of sp³-hybridized carbons (Fsp3) is 0.577. The van der Waals surface area contributed by atoms with E-state index in [4.69, 9.17) is 9.97 Å². The zero-order chi connectivity index (χ0) is 24.8. The fourth-order valence-corrected chi connectivity index (χ4v) is 5.11. The predicted molar refractivity (Wildman–Crippen MR) is 137 cm³/mol. The lowest BCUT2D eigenvalue weighted by atomic mass is 9.91. The van der Waals surface area contributed by atoms with Gasteiger partial charge in [-0.15, -0.1) is 0 Å². The van der Waals surface area contributed by atoms with Crippen molar-refractivity contribution in [3.8, 4) is 0 Å². The van der Waals surface area contributed by atoms with E-state index in [1.807, 2.05) is 14.1 Å². The molecular formula is C26H36N6O3. The number of hydrogen-bond acceptors (Lipinski definition) is 7. The van der Waals surface area contributed by atoms with Crippen molar-refractivity contribution in [2.45, 2.75) is 82.7 Å². The number of rotatable bonds is 9. The number of amides is 1. The third-order valence-corrected chi connectivity index (χ3v) is 7.03. The second-order valence-corrected chi connectivity index (χ2v) is 9.94. The van der Waals surface area contributed by atoms with Crippen molar-refractivity contribution in [3.05, 3.63) is 51.2 Å². The number of nitro groups is 1. The number of carbonyl (C=O) groups excluding carboxylic acids is 1. The predicted octanol–water partition coefficient (Wildman–Crippen LogP) is 4.19. The number of benzene rings is 1. The highest BCUT2D eigenvalue weighted by atomic mass is 16.6. The van der Waals surface area contributed by atoms with E-state index in [0.29, 0.717) is 12.5 Å². The van der Waals surface area contributed by atoms with Crippen LogP contribution in [-0.2, 0) is 24.1 Å². The number of aryl methyl sites for hydroxylation is 2. The van der Waals surface area contributed by atoms with Gasteiger partial charge >= 0.3 is 0 Å². The molecule has 2 N–H and O–H groups in total. The summed E-state index contributed by atoms with van der Waals surface area (Å²) in [6.07, 6.45) is 10.2. The van der Waals surface area contributed by atoms with E-state index in [1.165, 1.54) is 36.2 Å². The van der Waals surface area contributed by atoms with Crippen molar-refractivity contribution in [1.29, 1.82) is 0 Å². The summed E-state index contributed by atoms with van der Waals surface area (Å²) in [6.45, 7) is 0. The summed E-state index contributed by atoms with van der Waals surface area (Å²) < 4.78 is 0. The van der Waals surface area contributed by atoms with E-state index in [1.54, 1.807) is 12.1 Å². The van der Waals surface area contributed by atoms with Gasteiger partial charge in [-0.3, -0.25) is 14.9 Å². The van der Waals surface area contributed by atoms with Crippen molar-refractivity contribution in [2.24, 2.45) is 0 Å². The van der Waals surface area contributed by atoms with E-state index in [2.05, 4.69) is 15.5 Å². The molecule has 35 heavy (non-hydrogen) atoms. The maximum atomic E-state index is 12.4. The molecule has 9 heteroatoms. The van der Waals surface area contributed by atoms with Crippen LogP contribution >= 0.6 is 0 Å². The minimum atomic E-state index is -0.400. The van der Waals surface area contributed by atoms with Gasteiger partial charge in [-0.25, -0.2) is 4.98 Å². The normalized spacial score (nSPS) is 19.5. The van der Waals surface area contributed by atoms with Gasteiger partial charge in [0.2, 0.25) is 11.9 Å². The summed E-state index contributed by atoms with van der Waals surface area (Å²) in [4.78, 5) is 34.5. The van der Waals surface area contributed by atoms with Crippen LogP contribution in [0.3, 0.4) is 0 Å². The molecule has 0 aliphatic heterocycles. The van der Waals surface area contributed by atoms with Crippen LogP contribution in [-0.4, -0.2) is 47.0 Å². The van der Waals surface area contributed by atoms with Crippen LogP contribution < -0.4 is 15.5 Å². The van der Waals surface area contributed by atoms with Crippen molar-refractivity contribution < 1.29 is 9.72 Å². The van der Waals surface area contributed by atoms with Crippen molar-refractivity contribution in [3.63, 3.8) is 0 Å². The maximum Gasteiger partial charge on any atom is 0.269 e. The maximum absolute atomic E-state index is 12.4. The first-order chi connectivity index (χ1) is 16.9. The Morgan fingerprint density at radius 2 is 1.74 bits per heavy atom. The zero-order valence-corrected chi connectivity index (χ0v) is 20.8. The van der Waals surface area contributed by atoms with Gasteiger partial charge in [0.15, 0.2) is 0 Å². The molecular weight excluding hydrogens is 444 g/mol. The lowest BCUT2D eigenvalue weighted by molar-refractivity contribution is -0.384. The van der Waals surface area contributed by atoms with E-state index >= 15 is 0 Å². The van der Waals surface area contributed by atoms with E-state index in [-0.39, 0.29) is 17.6 Å². The summed E-state index contributed by atoms with van der Waals surface area (Å²) in [5.41, 5.74) is 3.59. The van der Waals surface area contributed by atoms with E-state index in [9.17, 15) is 14.9 Å². The molecule has 4 rings (SSSR count). The van der Waals surface area contributed by atoms with Crippen LogP contribution in [0.15, 0.2) is 24.3 Å². The second kappa shape index (κ2) is 11.5. The Hall–Kier alpha value is -3.23. The van der Waals surface area contributed by atoms with Crippen LogP contribution in [0.4, 0.5) is 17.5 Å². The number of aromatic nitrogens is 2. The summed E-state index contributed by atoms with van der Waals surface area (Å²) in [7, 11) is 4.08. The number of non-ortho nitro benzene ring substituents is 1.